The van der Waals surface area contributed by atoms with Gasteiger partial charge >= 0.3 is 5.69 Å². The Morgan fingerprint density at radius 3 is 2.42 bits per heavy atom. The third-order valence-electron chi connectivity index (χ3n) is 3.57. The molecule has 1 aromatic carbocycles. The molecule has 6 heteroatoms. The van der Waals surface area contributed by atoms with Gasteiger partial charge in [-0.25, -0.2) is 4.79 Å². The fourth-order valence-corrected chi connectivity index (χ4v) is 3.89. The van der Waals surface area contributed by atoms with Gasteiger partial charge in [-0.2, -0.15) is 0 Å². The van der Waals surface area contributed by atoms with E-state index in [9.17, 15) is 9.59 Å². The average molecular weight is 346 g/mol. The fraction of sp³-hybridized carbons (Fsp3) is 0.333. The van der Waals surface area contributed by atoms with Gasteiger partial charge in [-0.15, -0.1) is 0 Å². The van der Waals surface area contributed by atoms with E-state index >= 15 is 0 Å². The van der Waals surface area contributed by atoms with Crippen LogP contribution in [0.5, 0.6) is 0 Å². The minimum atomic E-state index is -0.438. The third kappa shape index (κ3) is 4.27. The zero-order valence-electron chi connectivity index (χ0n) is 14.1. The molecular weight excluding hydrogens is 324 g/mol. The van der Waals surface area contributed by atoms with Gasteiger partial charge in [-0.1, -0.05) is 36.9 Å². The van der Waals surface area contributed by atoms with Gasteiger partial charge in [0.15, 0.2) is 0 Å². The smallest absolute Gasteiger partial charge is 0.329 e. The lowest BCUT2D eigenvalue weighted by molar-refractivity contribution is 0.342. The molecule has 0 radical (unpaired) electrons. The molecule has 0 aliphatic carbocycles. The number of benzene rings is 1. The van der Waals surface area contributed by atoms with Crippen LogP contribution in [0.4, 0.5) is 0 Å². The maximum Gasteiger partial charge on any atom is 0.329 e. The van der Waals surface area contributed by atoms with Crippen LogP contribution in [-0.4, -0.2) is 21.3 Å². The summed E-state index contributed by atoms with van der Waals surface area (Å²) in [4.78, 5) is 27.8. The molecule has 0 atom stereocenters. The second-order valence-corrected chi connectivity index (χ2v) is 6.65. The normalized spacial score (nSPS) is 11.3. The Hall–Kier alpha value is -2.05. The van der Waals surface area contributed by atoms with E-state index in [0.717, 1.165) is 16.0 Å². The second kappa shape index (κ2) is 8.17. The van der Waals surface area contributed by atoms with Crippen LogP contribution < -0.4 is 11.2 Å². The van der Waals surface area contributed by atoms with E-state index in [1.165, 1.54) is 16.3 Å². The Morgan fingerprint density at radius 1 is 1.17 bits per heavy atom. The largest absolute Gasteiger partial charge is 0.392 e. The summed E-state index contributed by atoms with van der Waals surface area (Å²) in [7, 11) is 0. The first-order valence-electron chi connectivity index (χ1n) is 7.84. The molecule has 1 heterocycles. The molecule has 0 bridgehead atoms. The monoisotopic (exact) mass is 346 g/mol. The molecule has 0 saturated heterocycles. The molecule has 0 fully saturated rings. The summed E-state index contributed by atoms with van der Waals surface area (Å²) in [5.41, 5.74) is 2.09. The number of nitrogens with one attached hydrogen (secondary N) is 1. The standard InChI is InChI=1S/C18H22N2O3S/c1-4-15-16(22)19-18(23)20(7-5-6-8-21)17(15)24-14-10-12(2)9-13(3)11-14/h5-6,9-11,21H,4,7-8H2,1-3H3,(H,19,22,23). The van der Waals surface area contributed by atoms with Gasteiger partial charge in [-0.05, 0) is 43.5 Å². The molecular formula is C18H22N2O3S. The van der Waals surface area contributed by atoms with Crippen LogP contribution in [0.25, 0.3) is 0 Å². The Morgan fingerprint density at radius 2 is 1.83 bits per heavy atom. The first kappa shape index (κ1) is 18.3. The third-order valence-corrected chi connectivity index (χ3v) is 4.70. The predicted octanol–water partition coefficient (Wildman–Crippen LogP) is 2.42. The van der Waals surface area contributed by atoms with Gasteiger partial charge in [0.25, 0.3) is 5.56 Å². The van der Waals surface area contributed by atoms with E-state index in [-0.39, 0.29) is 12.2 Å². The Bertz CT molecular complexity index is 845. The molecule has 0 spiro atoms. The summed E-state index contributed by atoms with van der Waals surface area (Å²) in [6, 6.07) is 6.16. The highest BCUT2D eigenvalue weighted by Crippen LogP contribution is 2.30. The van der Waals surface area contributed by atoms with Crippen molar-refractivity contribution >= 4 is 11.8 Å². The molecule has 0 amide bonds. The van der Waals surface area contributed by atoms with Gasteiger partial charge < -0.3 is 5.11 Å². The molecule has 2 aromatic rings. The number of hydrogen-bond donors (Lipinski definition) is 2. The van der Waals surface area contributed by atoms with Crippen LogP contribution >= 0.6 is 11.8 Å². The van der Waals surface area contributed by atoms with Crippen LogP contribution in [0.1, 0.15) is 23.6 Å². The van der Waals surface area contributed by atoms with E-state index in [1.54, 1.807) is 12.2 Å². The molecule has 2 N–H and O–H groups in total. The molecule has 24 heavy (non-hydrogen) atoms. The number of hydrogen-bond acceptors (Lipinski definition) is 4. The minimum absolute atomic E-state index is 0.0850. The van der Waals surface area contributed by atoms with E-state index in [4.69, 9.17) is 5.11 Å². The number of allylic oxidation sites excluding steroid dienone is 1. The Balaban J connectivity index is 2.58. The second-order valence-electron chi connectivity index (χ2n) is 5.59. The summed E-state index contributed by atoms with van der Waals surface area (Å²) >= 11 is 1.43. The van der Waals surface area contributed by atoms with Crippen molar-refractivity contribution in [3.63, 3.8) is 0 Å². The molecule has 2 rings (SSSR count). The topological polar surface area (TPSA) is 75.1 Å². The summed E-state index contributed by atoms with van der Waals surface area (Å²) in [6.45, 7) is 6.16. The molecule has 1 aromatic heterocycles. The van der Waals surface area contributed by atoms with Gasteiger partial charge in [0.1, 0.15) is 0 Å². The van der Waals surface area contributed by atoms with Crippen LogP contribution in [-0.2, 0) is 13.0 Å². The SMILES string of the molecule is CCc1c(Sc2cc(C)cc(C)c2)n(CC=CCO)c(=O)[nH]c1=O. The molecule has 0 unspecified atom stereocenters. The lowest BCUT2D eigenvalue weighted by Crippen LogP contribution is -2.33. The number of aromatic amines is 1. The number of aromatic nitrogens is 2. The van der Waals surface area contributed by atoms with Crippen molar-refractivity contribution in [2.45, 2.75) is 43.7 Å². The van der Waals surface area contributed by atoms with Crippen LogP contribution in [0, 0.1) is 13.8 Å². The fourth-order valence-electron chi connectivity index (χ4n) is 2.54. The van der Waals surface area contributed by atoms with Gasteiger partial charge in [0.2, 0.25) is 0 Å². The molecule has 0 aliphatic rings. The van der Waals surface area contributed by atoms with Crippen molar-refractivity contribution in [1.29, 1.82) is 0 Å². The van der Waals surface area contributed by atoms with Gasteiger partial charge in [0, 0.05) is 17.0 Å². The minimum Gasteiger partial charge on any atom is -0.392 e. The van der Waals surface area contributed by atoms with Crippen molar-refractivity contribution in [2.75, 3.05) is 6.61 Å². The Kier molecular flexibility index (Phi) is 6.23. The van der Waals surface area contributed by atoms with E-state index < -0.39 is 5.69 Å². The number of rotatable bonds is 6. The maximum atomic E-state index is 12.2. The van der Waals surface area contributed by atoms with Gasteiger partial charge in [-0.3, -0.25) is 14.3 Å². The number of H-pyrrole nitrogens is 1. The summed E-state index contributed by atoms with van der Waals surface area (Å²) in [5.74, 6) is 0. The van der Waals surface area contributed by atoms with Crippen LogP contribution in [0.15, 0.2) is 49.9 Å². The lowest BCUT2D eigenvalue weighted by Gasteiger charge is -2.14. The van der Waals surface area contributed by atoms with Crippen molar-refractivity contribution in [3.05, 3.63) is 67.9 Å². The number of aliphatic hydroxyl groups excluding tert-OH is 1. The maximum absolute atomic E-state index is 12.2. The highest BCUT2D eigenvalue weighted by molar-refractivity contribution is 7.99. The number of aryl methyl sites for hydroxylation is 2. The number of aliphatic hydroxyl groups is 1. The van der Waals surface area contributed by atoms with Crippen molar-refractivity contribution < 1.29 is 5.11 Å². The van der Waals surface area contributed by atoms with Gasteiger partial charge in [0.05, 0.1) is 11.6 Å². The van der Waals surface area contributed by atoms with E-state index in [0.29, 0.717) is 23.6 Å². The van der Waals surface area contributed by atoms with Crippen molar-refractivity contribution in [2.24, 2.45) is 0 Å². The zero-order chi connectivity index (χ0) is 17.7. The first-order chi connectivity index (χ1) is 11.5. The molecule has 0 aliphatic heterocycles. The lowest BCUT2D eigenvalue weighted by atomic mass is 10.2. The predicted molar refractivity (Wildman–Crippen MR) is 97.0 cm³/mol. The Labute approximate surface area is 145 Å². The van der Waals surface area contributed by atoms with Crippen LogP contribution in [0.3, 0.4) is 0 Å². The molecule has 0 saturated carbocycles. The average Bonchev–Trinajstić information content (AvgIpc) is 2.49. The quantitative estimate of drug-likeness (QED) is 0.622. The van der Waals surface area contributed by atoms with Crippen LogP contribution in [0.2, 0.25) is 0 Å². The number of nitrogens with zero attached hydrogens (tertiary/aromatic N) is 1. The van der Waals surface area contributed by atoms with E-state index in [1.807, 2.05) is 32.9 Å². The van der Waals surface area contributed by atoms with Crippen molar-refractivity contribution in [1.82, 2.24) is 9.55 Å². The summed E-state index contributed by atoms with van der Waals surface area (Å²) < 4.78 is 1.54. The summed E-state index contributed by atoms with van der Waals surface area (Å²) in [6.07, 6.45) is 3.82. The van der Waals surface area contributed by atoms with E-state index in [2.05, 4.69) is 11.1 Å². The highest BCUT2D eigenvalue weighted by Gasteiger charge is 2.14. The molecule has 128 valence electrons. The van der Waals surface area contributed by atoms with Crippen molar-refractivity contribution in [3.8, 4) is 0 Å². The summed E-state index contributed by atoms with van der Waals surface area (Å²) in [5, 5.41) is 9.54. The highest BCUT2D eigenvalue weighted by atomic mass is 32.2. The molecule has 5 nitrogen and oxygen atoms in total. The first-order valence-corrected chi connectivity index (χ1v) is 8.66. The zero-order valence-corrected chi connectivity index (χ0v) is 14.9.